The van der Waals surface area contributed by atoms with Crippen LogP contribution in [0.5, 0.6) is 0 Å². The lowest BCUT2D eigenvalue weighted by molar-refractivity contribution is -0.125. The van der Waals surface area contributed by atoms with Crippen LogP contribution in [0.4, 0.5) is 5.69 Å². The summed E-state index contributed by atoms with van der Waals surface area (Å²) in [5.74, 6) is -0.830. The molecule has 1 heterocycles. The second-order valence-electron chi connectivity index (χ2n) is 10.6. The third kappa shape index (κ3) is 13.0. The lowest BCUT2D eigenvalue weighted by Crippen LogP contribution is -2.33. The van der Waals surface area contributed by atoms with Crippen LogP contribution in [0.1, 0.15) is 39.9 Å². The van der Waals surface area contributed by atoms with Crippen molar-refractivity contribution in [2.45, 2.75) is 31.5 Å². The van der Waals surface area contributed by atoms with E-state index < -0.39 is 15.7 Å². The Kier molecular flexibility index (Phi) is 15.8. The van der Waals surface area contributed by atoms with E-state index >= 15 is 0 Å². The van der Waals surface area contributed by atoms with Crippen molar-refractivity contribution in [1.29, 1.82) is 0 Å². The summed E-state index contributed by atoms with van der Waals surface area (Å²) in [7, 11) is -3.53. The van der Waals surface area contributed by atoms with Crippen molar-refractivity contribution in [3.05, 3.63) is 89.8 Å². The fourth-order valence-corrected chi connectivity index (χ4v) is 4.87. The van der Waals surface area contributed by atoms with Gasteiger partial charge < -0.3 is 29.7 Å². The van der Waals surface area contributed by atoms with Crippen molar-refractivity contribution in [2.24, 2.45) is 0 Å². The summed E-state index contributed by atoms with van der Waals surface area (Å²) in [5, 5.41) is 5.07. The lowest BCUT2D eigenvalue weighted by Gasteiger charge is -2.25. The Labute approximate surface area is 281 Å². The predicted octanol–water partition coefficient (Wildman–Crippen LogP) is 2.74. The van der Waals surface area contributed by atoms with Crippen molar-refractivity contribution in [2.75, 3.05) is 63.9 Å². The Balaban J connectivity index is 1.23. The van der Waals surface area contributed by atoms with Crippen molar-refractivity contribution in [3.63, 3.8) is 0 Å². The summed E-state index contributed by atoms with van der Waals surface area (Å²) >= 11 is 0. The number of nitrogens with one attached hydrogen (secondary N) is 2. The quantitative estimate of drug-likeness (QED) is 0.126. The molecule has 1 aromatic heterocycles. The maximum atomic E-state index is 13.4. The topological polar surface area (TPSA) is 166 Å². The molecule has 0 unspecified atom stereocenters. The zero-order chi connectivity index (χ0) is 34.8. The number of hydrogen-bond donors (Lipinski definition) is 2. The molecule has 258 valence electrons. The fraction of sp³-hybridized carbons (Fsp3) is 0.382. The van der Waals surface area contributed by atoms with E-state index in [1.807, 2.05) is 55.5 Å². The largest absolute Gasteiger partial charge is 0.377 e. The maximum Gasteiger partial charge on any atom is 0.254 e. The van der Waals surface area contributed by atoms with E-state index in [9.17, 15) is 22.8 Å². The summed E-state index contributed by atoms with van der Waals surface area (Å²) < 4.78 is 39.1. The molecule has 0 saturated carbocycles. The van der Waals surface area contributed by atoms with Crippen LogP contribution in [0.2, 0.25) is 0 Å². The van der Waals surface area contributed by atoms with Crippen LogP contribution < -0.4 is 15.5 Å². The van der Waals surface area contributed by atoms with Gasteiger partial charge in [-0.2, -0.15) is 0 Å². The standard InChI is InChI=1S/C34H43N5O8S/c1-4-27-10-7-8-12-30(27)39(25-28-11-6-5-9-26(28)2)32(41)14-13-31(40)35-15-17-45-19-21-47-22-20-46-18-16-36-33(42)29-23-37-34(38-24-29)48(3,43)44/h4-12,23-24H,1,13-22,25H2,2-3H3,(H,35,40)(H,36,42). The minimum absolute atomic E-state index is 0.0546. The molecule has 0 spiro atoms. The van der Waals surface area contributed by atoms with Crippen molar-refractivity contribution >= 4 is 39.3 Å². The van der Waals surface area contributed by atoms with E-state index in [1.54, 1.807) is 11.0 Å². The van der Waals surface area contributed by atoms with Crippen LogP contribution in [0, 0.1) is 6.92 Å². The Morgan fingerprint density at radius 1 is 0.833 bits per heavy atom. The van der Waals surface area contributed by atoms with Crippen molar-refractivity contribution < 1.29 is 37.0 Å². The van der Waals surface area contributed by atoms with Gasteiger partial charge in [-0.15, -0.1) is 0 Å². The molecular formula is C34H43N5O8S. The first kappa shape index (κ1) is 38.0. The third-order valence-corrected chi connectivity index (χ3v) is 7.84. The third-order valence-electron chi connectivity index (χ3n) is 6.97. The SMILES string of the molecule is C=Cc1ccccc1N(Cc1ccccc1C)C(=O)CCC(=O)NCCOCCOCCOCCNC(=O)c1cnc(S(C)(=O)=O)nc1. The lowest BCUT2D eigenvalue weighted by atomic mass is 10.1. The molecule has 0 aliphatic heterocycles. The molecule has 2 aromatic carbocycles. The minimum Gasteiger partial charge on any atom is -0.377 e. The second kappa shape index (κ2) is 20.0. The number of hydrogen-bond acceptors (Lipinski definition) is 10. The van der Waals surface area contributed by atoms with Crippen molar-refractivity contribution in [3.8, 4) is 0 Å². The summed E-state index contributed by atoms with van der Waals surface area (Å²) in [6.07, 6.45) is 5.12. The van der Waals surface area contributed by atoms with Gasteiger partial charge in [0.1, 0.15) is 0 Å². The van der Waals surface area contributed by atoms with Gasteiger partial charge in [0.2, 0.25) is 26.8 Å². The number of sulfone groups is 1. The van der Waals surface area contributed by atoms with Crippen LogP contribution in [0.3, 0.4) is 0 Å². The molecule has 0 aliphatic rings. The fourth-order valence-electron chi connectivity index (χ4n) is 4.38. The van der Waals surface area contributed by atoms with Gasteiger partial charge in [0.05, 0.1) is 57.4 Å². The Morgan fingerprint density at radius 3 is 2.04 bits per heavy atom. The molecule has 3 amide bonds. The molecule has 3 aromatic rings. The average Bonchev–Trinajstić information content (AvgIpc) is 3.08. The predicted molar refractivity (Wildman–Crippen MR) is 181 cm³/mol. The molecule has 2 N–H and O–H groups in total. The minimum atomic E-state index is -3.53. The Hall–Kier alpha value is -4.50. The number of amides is 3. The molecule has 14 heteroatoms. The van der Waals surface area contributed by atoms with Crippen LogP contribution in [-0.4, -0.2) is 95.1 Å². The molecule has 0 fully saturated rings. The molecule has 0 atom stereocenters. The second-order valence-corrected chi connectivity index (χ2v) is 12.5. The average molecular weight is 682 g/mol. The number of benzene rings is 2. The van der Waals surface area contributed by atoms with E-state index in [0.29, 0.717) is 46.1 Å². The molecule has 13 nitrogen and oxygen atoms in total. The summed E-state index contributed by atoms with van der Waals surface area (Å²) in [6, 6.07) is 15.5. The van der Waals surface area contributed by atoms with Gasteiger partial charge in [0.25, 0.3) is 5.91 Å². The first-order valence-corrected chi connectivity index (χ1v) is 17.4. The van der Waals surface area contributed by atoms with E-state index in [-0.39, 0.29) is 48.5 Å². The van der Waals surface area contributed by atoms with Gasteiger partial charge in [-0.1, -0.05) is 55.1 Å². The van der Waals surface area contributed by atoms with E-state index in [0.717, 1.165) is 41.0 Å². The normalized spacial score (nSPS) is 11.1. The Bertz CT molecular complexity index is 1620. The monoisotopic (exact) mass is 681 g/mol. The van der Waals surface area contributed by atoms with Gasteiger partial charge in [0, 0.05) is 44.6 Å². The number of aromatic nitrogens is 2. The highest BCUT2D eigenvalue weighted by Crippen LogP contribution is 2.25. The van der Waals surface area contributed by atoms with E-state index in [2.05, 4.69) is 27.2 Å². The van der Waals surface area contributed by atoms with Crippen molar-refractivity contribution in [1.82, 2.24) is 20.6 Å². The number of para-hydroxylation sites is 1. The maximum absolute atomic E-state index is 13.4. The first-order valence-electron chi connectivity index (χ1n) is 15.5. The molecule has 0 bridgehead atoms. The number of ether oxygens (including phenoxy) is 3. The van der Waals surface area contributed by atoms with Crippen LogP contribution in [-0.2, 0) is 40.2 Å². The number of anilines is 1. The summed E-state index contributed by atoms with van der Waals surface area (Å²) in [6.45, 7) is 8.71. The smallest absolute Gasteiger partial charge is 0.254 e. The number of rotatable bonds is 21. The molecule has 0 aliphatic carbocycles. The number of nitrogens with zero attached hydrogens (tertiary/aromatic N) is 3. The van der Waals surface area contributed by atoms with Gasteiger partial charge in [-0.25, -0.2) is 18.4 Å². The first-order chi connectivity index (χ1) is 23.1. The van der Waals surface area contributed by atoms with Crippen LogP contribution >= 0.6 is 0 Å². The van der Waals surface area contributed by atoms with Gasteiger partial charge >= 0.3 is 0 Å². The van der Waals surface area contributed by atoms with Gasteiger partial charge in [-0.3, -0.25) is 14.4 Å². The van der Waals surface area contributed by atoms with Gasteiger partial charge in [-0.05, 0) is 29.7 Å². The molecule has 48 heavy (non-hydrogen) atoms. The van der Waals surface area contributed by atoms with Crippen LogP contribution in [0.25, 0.3) is 6.08 Å². The van der Waals surface area contributed by atoms with E-state index in [4.69, 9.17) is 14.2 Å². The zero-order valence-electron chi connectivity index (χ0n) is 27.4. The molecule has 3 rings (SSSR count). The molecular weight excluding hydrogens is 638 g/mol. The molecule has 0 saturated heterocycles. The summed E-state index contributed by atoms with van der Waals surface area (Å²) in [4.78, 5) is 46.9. The number of aryl methyl sites for hydroxylation is 1. The van der Waals surface area contributed by atoms with Crippen LogP contribution in [0.15, 0.2) is 72.7 Å². The highest BCUT2D eigenvalue weighted by molar-refractivity contribution is 7.90. The number of carbonyl (C=O) groups is 3. The molecule has 0 radical (unpaired) electrons. The summed E-state index contributed by atoms with van der Waals surface area (Å²) in [5.41, 5.74) is 3.84. The van der Waals surface area contributed by atoms with E-state index in [1.165, 1.54) is 0 Å². The highest BCUT2D eigenvalue weighted by atomic mass is 32.2. The van der Waals surface area contributed by atoms with Gasteiger partial charge in [0.15, 0.2) is 0 Å². The number of carbonyl (C=O) groups excluding carboxylic acids is 3. The Morgan fingerprint density at radius 2 is 1.42 bits per heavy atom. The highest BCUT2D eigenvalue weighted by Gasteiger charge is 2.20. The zero-order valence-corrected chi connectivity index (χ0v) is 28.2.